The lowest BCUT2D eigenvalue weighted by molar-refractivity contribution is 0.256. The molecule has 3 heterocycles. The van der Waals surface area contributed by atoms with E-state index in [0.29, 0.717) is 19.0 Å². The lowest BCUT2D eigenvalue weighted by atomic mass is 9.76. The number of imidazole rings is 1. The average molecular weight is 511 g/mol. The molecule has 0 bridgehead atoms. The molecule has 35 heavy (non-hydrogen) atoms. The maximum absolute atomic E-state index is 12.1. The molecule has 0 N–H and O–H groups in total. The fourth-order valence-electron chi connectivity index (χ4n) is 5.59. The number of piperidine rings is 1. The highest BCUT2D eigenvalue weighted by Crippen LogP contribution is 2.45. The van der Waals surface area contributed by atoms with E-state index in [1.165, 1.54) is 28.6 Å². The van der Waals surface area contributed by atoms with Crippen LogP contribution in [0.15, 0.2) is 49.1 Å². The van der Waals surface area contributed by atoms with Crippen LogP contribution in [0.1, 0.15) is 59.7 Å². The molecule has 1 aromatic carbocycles. The first-order valence-electron chi connectivity index (χ1n) is 12.2. The molecule has 1 fully saturated rings. The highest BCUT2D eigenvalue weighted by atomic mass is 35.5. The molecule has 1 saturated heterocycles. The quantitative estimate of drug-likeness (QED) is 0.446. The first kappa shape index (κ1) is 24.2. The number of allylic oxidation sites excluding steroid dienone is 1. The van der Waals surface area contributed by atoms with Gasteiger partial charge in [-0.25, -0.2) is 17.7 Å². The summed E-state index contributed by atoms with van der Waals surface area (Å²) in [4.78, 5) is 9.17. The summed E-state index contributed by atoms with van der Waals surface area (Å²) in [5, 5.41) is 0.720. The third kappa shape index (κ3) is 5.08. The molecule has 1 aliphatic carbocycles. The van der Waals surface area contributed by atoms with Crippen LogP contribution in [0, 0.1) is 12.8 Å². The van der Waals surface area contributed by atoms with Crippen molar-refractivity contribution in [2.24, 2.45) is 5.92 Å². The van der Waals surface area contributed by atoms with Crippen LogP contribution in [0.5, 0.6) is 0 Å². The van der Waals surface area contributed by atoms with Crippen LogP contribution in [0.4, 0.5) is 0 Å². The number of aryl methyl sites for hydroxylation is 2. The van der Waals surface area contributed by atoms with Gasteiger partial charge in [0.05, 0.1) is 18.3 Å². The Morgan fingerprint density at radius 2 is 1.97 bits per heavy atom. The van der Waals surface area contributed by atoms with Gasteiger partial charge in [-0.15, -0.1) is 0 Å². The molecular weight excluding hydrogens is 480 g/mol. The van der Waals surface area contributed by atoms with Crippen LogP contribution >= 0.6 is 11.6 Å². The molecule has 0 radical (unpaired) electrons. The molecule has 2 aromatic heterocycles. The summed E-state index contributed by atoms with van der Waals surface area (Å²) in [5.41, 5.74) is 7.09. The molecule has 184 valence electrons. The fraction of sp³-hybridized carbons (Fsp3) is 0.407. The predicted molar refractivity (Wildman–Crippen MR) is 141 cm³/mol. The standard InChI is InChI=1S/C27H31ClN4O2S/c1-19-17-29-18-31(19)12-4-5-21-15-22-16-23(28)7-8-24(22)26(27-25(21)6-3-11-30-27)20-9-13-32(14-10-20)35(2,33)34/h3,6-8,11,15-18,20,26H,4-5,9-10,12-14H2,1-2H3. The van der Waals surface area contributed by atoms with Crippen LogP contribution in [0.2, 0.25) is 5.02 Å². The van der Waals surface area contributed by atoms with E-state index in [-0.39, 0.29) is 5.92 Å². The molecule has 2 aliphatic rings. The minimum atomic E-state index is -3.17. The fourth-order valence-corrected chi connectivity index (χ4v) is 6.64. The maximum Gasteiger partial charge on any atom is 0.211 e. The minimum absolute atomic E-state index is 0.102. The second-order valence-electron chi connectivity index (χ2n) is 9.69. The van der Waals surface area contributed by atoms with Gasteiger partial charge in [0, 0.05) is 48.7 Å². The van der Waals surface area contributed by atoms with Crippen molar-refractivity contribution in [3.05, 3.63) is 82.2 Å². The Morgan fingerprint density at radius 3 is 2.69 bits per heavy atom. The molecule has 8 heteroatoms. The van der Waals surface area contributed by atoms with Crippen molar-refractivity contribution in [2.75, 3.05) is 19.3 Å². The van der Waals surface area contributed by atoms with E-state index in [9.17, 15) is 8.42 Å². The molecule has 1 atom stereocenters. The van der Waals surface area contributed by atoms with E-state index in [1.54, 1.807) is 4.31 Å². The van der Waals surface area contributed by atoms with Crippen LogP contribution < -0.4 is 0 Å². The zero-order valence-corrected chi connectivity index (χ0v) is 21.8. The predicted octanol–water partition coefficient (Wildman–Crippen LogP) is 5.38. The molecular formula is C27H31ClN4O2S. The Labute approximate surface area is 212 Å². The lowest BCUT2D eigenvalue weighted by Crippen LogP contribution is -2.39. The van der Waals surface area contributed by atoms with E-state index in [4.69, 9.17) is 16.6 Å². The number of aromatic nitrogens is 3. The van der Waals surface area contributed by atoms with Crippen molar-refractivity contribution < 1.29 is 8.42 Å². The highest BCUT2D eigenvalue weighted by molar-refractivity contribution is 7.88. The van der Waals surface area contributed by atoms with Gasteiger partial charge in [0.15, 0.2) is 0 Å². The van der Waals surface area contributed by atoms with Gasteiger partial charge >= 0.3 is 0 Å². The van der Waals surface area contributed by atoms with Gasteiger partial charge in [-0.1, -0.05) is 29.8 Å². The summed E-state index contributed by atoms with van der Waals surface area (Å²) in [5.74, 6) is 0.410. The molecule has 0 spiro atoms. The molecule has 1 aliphatic heterocycles. The minimum Gasteiger partial charge on any atom is -0.335 e. The number of benzene rings is 1. The van der Waals surface area contributed by atoms with Gasteiger partial charge in [-0.3, -0.25) is 4.98 Å². The number of hydrogen-bond acceptors (Lipinski definition) is 4. The third-order valence-corrected chi connectivity index (χ3v) is 8.94. The Morgan fingerprint density at radius 1 is 1.17 bits per heavy atom. The monoisotopic (exact) mass is 510 g/mol. The zero-order valence-electron chi connectivity index (χ0n) is 20.2. The lowest BCUT2D eigenvalue weighted by Gasteiger charge is -2.35. The Balaban J connectivity index is 1.50. The zero-order chi connectivity index (χ0) is 24.6. The van der Waals surface area contributed by atoms with Crippen molar-refractivity contribution in [3.8, 4) is 0 Å². The molecule has 0 amide bonds. The summed E-state index contributed by atoms with van der Waals surface area (Å²) >= 11 is 6.45. The van der Waals surface area contributed by atoms with E-state index in [0.717, 1.165) is 48.5 Å². The normalized spacial score (nSPS) is 19.1. The molecule has 0 saturated carbocycles. The van der Waals surface area contributed by atoms with Crippen molar-refractivity contribution >= 4 is 33.3 Å². The van der Waals surface area contributed by atoms with E-state index in [1.807, 2.05) is 30.9 Å². The Hall–Kier alpha value is -2.48. The first-order chi connectivity index (χ1) is 16.8. The number of pyridine rings is 1. The summed E-state index contributed by atoms with van der Waals surface area (Å²) in [6.07, 6.45) is 12.8. The number of halogens is 1. The SMILES string of the molecule is Cc1cncn1CCCC1=Cc2cc(Cl)ccc2C(C2CCN(S(C)(=O)=O)CC2)c2ncccc21. The average Bonchev–Trinajstić information content (AvgIpc) is 3.18. The maximum atomic E-state index is 12.1. The number of rotatable bonds is 6. The van der Waals surface area contributed by atoms with E-state index < -0.39 is 10.0 Å². The van der Waals surface area contributed by atoms with E-state index in [2.05, 4.69) is 40.7 Å². The summed E-state index contributed by atoms with van der Waals surface area (Å²) in [7, 11) is -3.17. The van der Waals surface area contributed by atoms with Crippen molar-refractivity contribution in [1.29, 1.82) is 0 Å². The number of nitrogens with zero attached hydrogens (tertiary/aromatic N) is 4. The van der Waals surface area contributed by atoms with Gasteiger partial charge in [0.25, 0.3) is 0 Å². The second kappa shape index (κ2) is 9.88. The highest BCUT2D eigenvalue weighted by Gasteiger charge is 2.35. The molecule has 3 aromatic rings. The van der Waals surface area contributed by atoms with Crippen LogP contribution in [-0.4, -0.2) is 46.6 Å². The van der Waals surface area contributed by atoms with Gasteiger partial charge in [0.2, 0.25) is 10.0 Å². The molecule has 5 rings (SSSR count). The topological polar surface area (TPSA) is 68.1 Å². The number of hydrogen-bond donors (Lipinski definition) is 0. The van der Waals surface area contributed by atoms with E-state index >= 15 is 0 Å². The number of sulfonamides is 1. The van der Waals surface area contributed by atoms with Gasteiger partial charge < -0.3 is 4.57 Å². The summed E-state index contributed by atoms with van der Waals surface area (Å²) in [6.45, 7) is 4.09. The van der Waals surface area contributed by atoms with Crippen molar-refractivity contribution in [2.45, 2.75) is 45.1 Å². The second-order valence-corrected chi connectivity index (χ2v) is 12.1. The van der Waals surface area contributed by atoms with Crippen LogP contribution in [0.3, 0.4) is 0 Å². The summed E-state index contributed by atoms with van der Waals surface area (Å²) in [6, 6.07) is 10.4. The van der Waals surface area contributed by atoms with Crippen LogP contribution in [0.25, 0.3) is 11.6 Å². The first-order valence-corrected chi connectivity index (χ1v) is 14.4. The smallest absolute Gasteiger partial charge is 0.211 e. The summed E-state index contributed by atoms with van der Waals surface area (Å²) < 4.78 is 28.0. The Kier molecular flexibility index (Phi) is 6.84. The number of fused-ring (bicyclic) bond motifs is 2. The Bertz CT molecular complexity index is 1360. The molecule has 1 unspecified atom stereocenters. The largest absolute Gasteiger partial charge is 0.335 e. The third-order valence-electron chi connectivity index (χ3n) is 7.40. The van der Waals surface area contributed by atoms with Gasteiger partial charge in [-0.2, -0.15) is 0 Å². The molecule has 6 nitrogen and oxygen atoms in total. The van der Waals surface area contributed by atoms with Gasteiger partial charge in [0.1, 0.15) is 0 Å². The van der Waals surface area contributed by atoms with Crippen LogP contribution in [-0.2, 0) is 16.6 Å². The van der Waals surface area contributed by atoms with Gasteiger partial charge in [-0.05, 0) is 79.0 Å². The van der Waals surface area contributed by atoms with Crippen molar-refractivity contribution in [1.82, 2.24) is 18.8 Å². The van der Waals surface area contributed by atoms with Crippen molar-refractivity contribution in [3.63, 3.8) is 0 Å².